The summed E-state index contributed by atoms with van der Waals surface area (Å²) in [5, 5.41) is 15.4. The Kier molecular flexibility index (Phi) is 9.08. The predicted molar refractivity (Wildman–Crippen MR) is 131 cm³/mol. The second kappa shape index (κ2) is 12.2. The van der Waals surface area contributed by atoms with Crippen LogP contribution in [-0.2, 0) is 18.3 Å². The second-order valence-electron chi connectivity index (χ2n) is 8.50. The topological polar surface area (TPSA) is 59.8 Å². The Balaban J connectivity index is 1.93. The van der Waals surface area contributed by atoms with Gasteiger partial charge in [-0.1, -0.05) is 68.3 Å². The SMILES string of the molecule is C#CCOC[C@H](O)CN(Cc1c(-c2ccccc2)nn(C)c1Oc1ccccc1)CC(C)C. The summed E-state index contributed by atoms with van der Waals surface area (Å²) < 4.78 is 13.4. The summed E-state index contributed by atoms with van der Waals surface area (Å²) in [6, 6.07) is 19.8. The monoisotopic (exact) mass is 447 g/mol. The number of benzene rings is 2. The molecule has 1 N–H and O–H groups in total. The van der Waals surface area contributed by atoms with Crippen LogP contribution >= 0.6 is 0 Å². The second-order valence-corrected chi connectivity index (χ2v) is 8.50. The number of rotatable bonds is 12. The summed E-state index contributed by atoms with van der Waals surface area (Å²) in [7, 11) is 1.89. The summed E-state index contributed by atoms with van der Waals surface area (Å²) in [4.78, 5) is 2.22. The summed E-state index contributed by atoms with van der Waals surface area (Å²) in [6.45, 7) is 6.55. The number of terminal acetylenes is 1. The van der Waals surface area contributed by atoms with Crippen molar-refractivity contribution in [3.05, 3.63) is 66.2 Å². The molecule has 6 heteroatoms. The number of hydrogen-bond donors (Lipinski definition) is 1. The van der Waals surface area contributed by atoms with Gasteiger partial charge in [-0.15, -0.1) is 6.42 Å². The molecule has 3 rings (SSSR count). The largest absolute Gasteiger partial charge is 0.439 e. The van der Waals surface area contributed by atoms with Gasteiger partial charge in [0.15, 0.2) is 0 Å². The number of para-hydroxylation sites is 1. The minimum Gasteiger partial charge on any atom is -0.439 e. The van der Waals surface area contributed by atoms with Crippen LogP contribution in [0.15, 0.2) is 60.7 Å². The van der Waals surface area contributed by atoms with Gasteiger partial charge < -0.3 is 14.6 Å². The molecule has 0 saturated heterocycles. The minimum absolute atomic E-state index is 0.192. The molecule has 6 nitrogen and oxygen atoms in total. The molecule has 0 bridgehead atoms. The van der Waals surface area contributed by atoms with Crippen LogP contribution in [-0.4, -0.2) is 52.2 Å². The van der Waals surface area contributed by atoms with Crippen LogP contribution in [0.1, 0.15) is 19.4 Å². The van der Waals surface area contributed by atoms with Gasteiger partial charge in [0.1, 0.15) is 18.1 Å². The third kappa shape index (κ3) is 7.19. The van der Waals surface area contributed by atoms with Crippen molar-refractivity contribution >= 4 is 0 Å². The molecular weight excluding hydrogens is 414 g/mol. The number of aliphatic hydroxyl groups is 1. The van der Waals surface area contributed by atoms with E-state index in [2.05, 4.69) is 24.7 Å². The lowest BCUT2D eigenvalue weighted by Crippen LogP contribution is -2.37. The van der Waals surface area contributed by atoms with Crippen LogP contribution in [0.2, 0.25) is 0 Å². The van der Waals surface area contributed by atoms with Crippen LogP contribution in [0.4, 0.5) is 0 Å². The van der Waals surface area contributed by atoms with E-state index in [9.17, 15) is 5.11 Å². The van der Waals surface area contributed by atoms with Crippen LogP contribution in [0.25, 0.3) is 11.3 Å². The molecule has 0 amide bonds. The molecule has 2 aromatic carbocycles. The van der Waals surface area contributed by atoms with Crippen LogP contribution in [0, 0.1) is 18.3 Å². The first kappa shape index (κ1) is 24.5. The Morgan fingerprint density at radius 2 is 1.73 bits per heavy atom. The van der Waals surface area contributed by atoms with E-state index in [1.807, 2.05) is 67.7 Å². The van der Waals surface area contributed by atoms with E-state index < -0.39 is 6.10 Å². The molecule has 174 valence electrons. The highest BCUT2D eigenvalue weighted by molar-refractivity contribution is 5.65. The van der Waals surface area contributed by atoms with Gasteiger partial charge in [0.05, 0.1) is 18.3 Å². The average Bonchev–Trinajstić information content (AvgIpc) is 3.10. The lowest BCUT2D eigenvalue weighted by Gasteiger charge is -2.27. The Morgan fingerprint density at radius 3 is 2.36 bits per heavy atom. The van der Waals surface area contributed by atoms with Gasteiger partial charge in [0.2, 0.25) is 5.88 Å². The first-order chi connectivity index (χ1) is 16.0. The lowest BCUT2D eigenvalue weighted by molar-refractivity contribution is 0.0237. The maximum Gasteiger partial charge on any atom is 0.222 e. The summed E-state index contributed by atoms with van der Waals surface area (Å²) in [5.74, 6) is 4.29. The smallest absolute Gasteiger partial charge is 0.222 e. The highest BCUT2D eigenvalue weighted by atomic mass is 16.5. The van der Waals surface area contributed by atoms with Gasteiger partial charge in [0.25, 0.3) is 0 Å². The first-order valence-corrected chi connectivity index (χ1v) is 11.2. The number of hydrogen-bond acceptors (Lipinski definition) is 5. The normalized spacial score (nSPS) is 12.2. The average molecular weight is 448 g/mol. The number of aliphatic hydroxyl groups excluding tert-OH is 1. The highest BCUT2D eigenvalue weighted by Crippen LogP contribution is 2.34. The molecule has 1 aromatic heterocycles. The fourth-order valence-electron chi connectivity index (χ4n) is 3.80. The van der Waals surface area contributed by atoms with Gasteiger partial charge in [-0.3, -0.25) is 4.90 Å². The van der Waals surface area contributed by atoms with Crippen molar-refractivity contribution in [2.75, 3.05) is 26.3 Å². The quantitative estimate of drug-likeness (QED) is 0.330. The Morgan fingerprint density at radius 1 is 1.06 bits per heavy atom. The number of nitrogens with zero attached hydrogens (tertiary/aromatic N) is 3. The number of ether oxygens (including phenoxy) is 2. The fraction of sp³-hybridized carbons (Fsp3) is 0.370. The van der Waals surface area contributed by atoms with Crippen LogP contribution in [0.5, 0.6) is 11.6 Å². The van der Waals surface area contributed by atoms with Gasteiger partial charge in [-0.25, -0.2) is 4.68 Å². The first-order valence-electron chi connectivity index (χ1n) is 11.2. The molecule has 0 spiro atoms. The summed E-state index contributed by atoms with van der Waals surface area (Å²) in [6.07, 6.45) is 4.60. The highest BCUT2D eigenvalue weighted by Gasteiger charge is 2.23. The molecule has 0 aliphatic carbocycles. The molecule has 33 heavy (non-hydrogen) atoms. The Hall–Kier alpha value is -3.11. The lowest BCUT2D eigenvalue weighted by atomic mass is 10.1. The molecule has 0 aliphatic rings. The standard InChI is InChI=1S/C27H33N3O3/c1-5-16-32-20-23(31)18-30(17-21(2)3)19-25-26(22-12-8-6-9-13-22)28-29(4)27(25)33-24-14-10-7-11-15-24/h1,6-15,21,23,31H,16-20H2,2-4H3/t23-/m1/s1. The van der Waals surface area contributed by atoms with E-state index in [1.54, 1.807) is 4.68 Å². The molecule has 0 unspecified atom stereocenters. The van der Waals surface area contributed by atoms with Crippen LogP contribution in [0.3, 0.4) is 0 Å². The van der Waals surface area contributed by atoms with Gasteiger partial charge in [-0.05, 0) is 18.1 Å². The van der Waals surface area contributed by atoms with Crippen molar-refractivity contribution in [3.8, 4) is 35.2 Å². The van der Waals surface area contributed by atoms with Crippen molar-refractivity contribution in [1.82, 2.24) is 14.7 Å². The Bertz CT molecular complexity index is 1030. The molecule has 1 heterocycles. The molecule has 0 aliphatic heterocycles. The van der Waals surface area contributed by atoms with Gasteiger partial charge in [0, 0.05) is 32.2 Å². The molecule has 0 radical (unpaired) electrons. The zero-order valence-electron chi connectivity index (χ0n) is 19.6. The number of aryl methyl sites for hydroxylation is 1. The van der Waals surface area contributed by atoms with Gasteiger partial charge in [-0.2, -0.15) is 5.10 Å². The third-order valence-corrected chi connectivity index (χ3v) is 5.06. The molecule has 3 aromatic rings. The van der Waals surface area contributed by atoms with E-state index in [0.29, 0.717) is 24.9 Å². The van der Waals surface area contributed by atoms with E-state index in [-0.39, 0.29) is 13.2 Å². The van der Waals surface area contributed by atoms with Crippen molar-refractivity contribution in [1.29, 1.82) is 0 Å². The predicted octanol–water partition coefficient (Wildman–Crippen LogP) is 4.35. The van der Waals surface area contributed by atoms with Crippen molar-refractivity contribution < 1.29 is 14.6 Å². The fourth-order valence-corrected chi connectivity index (χ4v) is 3.80. The van der Waals surface area contributed by atoms with E-state index in [1.165, 1.54) is 0 Å². The zero-order valence-corrected chi connectivity index (χ0v) is 19.6. The number of aromatic nitrogens is 2. The van der Waals surface area contributed by atoms with Crippen molar-refractivity contribution in [3.63, 3.8) is 0 Å². The van der Waals surface area contributed by atoms with E-state index in [0.717, 1.165) is 29.1 Å². The van der Waals surface area contributed by atoms with Crippen molar-refractivity contribution in [2.45, 2.75) is 26.5 Å². The molecular formula is C27H33N3O3. The van der Waals surface area contributed by atoms with Gasteiger partial charge >= 0.3 is 0 Å². The van der Waals surface area contributed by atoms with E-state index in [4.69, 9.17) is 21.0 Å². The molecule has 1 atom stereocenters. The summed E-state index contributed by atoms with van der Waals surface area (Å²) >= 11 is 0. The zero-order chi connectivity index (χ0) is 23.6. The summed E-state index contributed by atoms with van der Waals surface area (Å²) in [5.41, 5.74) is 2.87. The van der Waals surface area contributed by atoms with Crippen LogP contribution < -0.4 is 4.74 Å². The minimum atomic E-state index is -0.646. The van der Waals surface area contributed by atoms with Crippen molar-refractivity contribution in [2.24, 2.45) is 13.0 Å². The third-order valence-electron chi connectivity index (χ3n) is 5.06. The molecule has 0 fully saturated rings. The van der Waals surface area contributed by atoms with E-state index >= 15 is 0 Å². The maximum atomic E-state index is 10.5. The maximum absolute atomic E-state index is 10.5. The molecule has 0 saturated carbocycles. The Labute approximate surface area is 196 Å².